The van der Waals surface area contributed by atoms with Crippen LogP contribution in [0.15, 0.2) is 72.8 Å². The molecule has 0 aromatic heterocycles. The lowest BCUT2D eigenvalue weighted by Gasteiger charge is -2.14. The van der Waals surface area contributed by atoms with Crippen molar-refractivity contribution < 1.29 is 18.6 Å². The predicted molar refractivity (Wildman–Crippen MR) is 90.2 cm³/mol. The van der Waals surface area contributed by atoms with Gasteiger partial charge in [0.05, 0.1) is 7.11 Å². The first kappa shape index (κ1) is 15.9. The normalized spacial score (nSPS) is 10.2. The molecule has 0 saturated carbocycles. The molecule has 122 valence electrons. The topological polar surface area (TPSA) is 27.7 Å². The van der Waals surface area contributed by atoms with Gasteiger partial charge in [-0.1, -0.05) is 42.5 Å². The smallest absolute Gasteiger partial charge is 0.172 e. The second kappa shape index (κ2) is 7.51. The zero-order valence-electron chi connectivity index (χ0n) is 13.2. The van der Waals surface area contributed by atoms with Crippen LogP contribution in [-0.2, 0) is 6.61 Å². The SMILES string of the molecule is COc1ccccc1Oc1cc(F)ccc1OCc1ccccc1. The molecule has 0 unspecified atom stereocenters. The largest absolute Gasteiger partial charge is 0.493 e. The lowest BCUT2D eigenvalue weighted by Crippen LogP contribution is -1.98. The van der Waals surface area contributed by atoms with Crippen LogP contribution in [0, 0.1) is 5.82 Å². The van der Waals surface area contributed by atoms with E-state index < -0.39 is 5.82 Å². The highest BCUT2D eigenvalue weighted by molar-refractivity contribution is 5.47. The van der Waals surface area contributed by atoms with E-state index in [9.17, 15) is 4.39 Å². The summed E-state index contributed by atoms with van der Waals surface area (Å²) in [5.41, 5.74) is 1.02. The van der Waals surface area contributed by atoms with Crippen LogP contribution in [0.4, 0.5) is 4.39 Å². The number of ether oxygens (including phenoxy) is 3. The molecule has 0 spiro atoms. The Bertz CT molecular complexity index is 803. The maximum Gasteiger partial charge on any atom is 0.172 e. The number of benzene rings is 3. The van der Waals surface area contributed by atoms with Gasteiger partial charge in [0.25, 0.3) is 0 Å². The molecule has 0 aliphatic carbocycles. The number of rotatable bonds is 6. The Labute approximate surface area is 140 Å². The van der Waals surface area contributed by atoms with Gasteiger partial charge in [0.2, 0.25) is 0 Å². The quantitative estimate of drug-likeness (QED) is 0.623. The Morgan fingerprint density at radius 2 is 1.46 bits per heavy atom. The van der Waals surface area contributed by atoms with Crippen LogP contribution < -0.4 is 14.2 Å². The molecule has 24 heavy (non-hydrogen) atoms. The standard InChI is InChI=1S/C20H17FO3/c1-22-17-9-5-6-10-19(17)24-20-13-16(21)11-12-18(20)23-14-15-7-3-2-4-8-15/h2-13H,14H2,1H3. The first-order chi connectivity index (χ1) is 11.8. The van der Waals surface area contributed by atoms with E-state index in [-0.39, 0.29) is 0 Å². The monoisotopic (exact) mass is 324 g/mol. The number of methoxy groups -OCH3 is 1. The van der Waals surface area contributed by atoms with Gasteiger partial charge in [-0.2, -0.15) is 0 Å². The van der Waals surface area contributed by atoms with Crippen molar-refractivity contribution in [1.29, 1.82) is 0 Å². The number of halogens is 1. The molecule has 0 N–H and O–H groups in total. The van der Waals surface area contributed by atoms with Gasteiger partial charge in [-0.15, -0.1) is 0 Å². The van der Waals surface area contributed by atoms with Gasteiger partial charge in [-0.05, 0) is 29.8 Å². The van der Waals surface area contributed by atoms with E-state index in [1.54, 1.807) is 25.3 Å². The highest BCUT2D eigenvalue weighted by Gasteiger charge is 2.11. The van der Waals surface area contributed by atoms with Crippen LogP contribution in [0.5, 0.6) is 23.0 Å². The van der Waals surface area contributed by atoms with Crippen molar-refractivity contribution in [2.75, 3.05) is 7.11 Å². The second-order valence-electron chi connectivity index (χ2n) is 5.12. The minimum absolute atomic E-state index is 0.301. The van der Waals surface area contributed by atoms with E-state index in [1.165, 1.54) is 12.1 Å². The third kappa shape index (κ3) is 3.84. The van der Waals surface area contributed by atoms with Gasteiger partial charge in [0.15, 0.2) is 23.0 Å². The predicted octanol–water partition coefficient (Wildman–Crippen LogP) is 5.21. The Kier molecular flexibility index (Phi) is 4.96. The molecular weight excluding hydrogens is 307 g/mol. The van der Waals surface area contributed by atoms with Crippen LogP contribution in [-0.4, -0.2) is 7.11 Å². The molecule has 3 rings (SSSR count). The summed E-state index contributed by atoms with van der Waals surface area (Å²) in [6.07, 6.45) is 0. The summed E-state index contributed by atoms with van der Waals surface area (Å²) in [7, 11) is 1.56. The van der Waals surface area contributed by atoms with Crippen LogP contribution in [0.1, 0.15) is 5.56 Å². The number of para-hydroxylation sites is 2. The van der Waals surface area contributed by atoms with Crippen molar-refractivity contribution >= 4 is 0 Å². The van der Waals surface area contributed by atoms with Crippen molar-refractivity contribution in [2.24, 2.45) is 0 Å². The lowest BCUT2D eigenvalue weighted by atomic mass is 10.2. The number of hydrogen-bond donors (Lipinski definition) is 0. The van der Waals surface area contributed by atoms with E-state index in [1.807, 2.05) is 42.5 Å². The molecule has 0 atom stereocenters. The molecule has 0 aliphatic heterocycles. The fourth-order valence-corrected chi connectivity index (χ4v) is 2.24. The molecule has 0 radical (unpaired) electrons. The van der Waals surface area contributed by atoms with E-state index in [4.69, 9.17) is 14.2 Å². The van der Waals surface area contributed by atoms with E-state index in [2.05, 4.69) is 0 Å². The molecule has 0 saturated heterocycles. The van der Waals surface area contributed by atoms with E-state index >= 15 is 0 Å². The van der Waals surface area contributed by atoms with Gasteiger partial charge in [0, 0.05) is 6.07 Å². The second-order valence-corrected chi connectivity index (χ2v) is 5.12. The molecule has 0 bridgehead atoms. The molecule has 0 fully saturated rings. The van der Waals surface area contributed by atoms with E-state index in [0.29, 0.717) is 29.6 Å². The van der Waals surface area contributed by atoms with E-state index in [0.717, 1.165) is 5.56 Å². The van der Waals surface area contributed by atoms with Gasteiger partial charge in [0.1, 0.15) is 12.4 Å². The molecule has 0 heterocycles. The van der Waals surface area contributed by atoms with Gasteiger partial charge in [-0.3, -0.25) is 0 Å². The molecule has 0 amide bonds. The Morgan fingerprint density at radius 3 is 2.21 bits per heavy atom. The summed E-state index contributed by atoms with van der Waals surface area (Å²) in [6, 6.07) is 21.1. The summed E-state index contributed by atoms with van der Waals surface area (Å²) < 4.78 is 30.5. The third-order valence-corrected chi connectivity index (χ3v) is 3.43. The van der Waals surface area contributed by atoms with Crippen molar-refractivity contribution in [3.05, 3.63) is 84.2 Å². The molecule has 0 aliphatic rings. The first-order valence-electron chi connectivity index (χ1n) is 7.53. The average molecular weight is 324 g/mol. The molecule has 4 heteroatoms. The third-order valence-electron chi connectivity index (χ3n) is 3.43. The summed E-state index contributed by atoms with van der Waals surface area (Å²) in [4.78, 5) is 0. The summed E-state index contributed by atoms with van der Waals surface area (Å²) in [5.74, 6) is 1.43. The van der Waals surface area contributed by atoms with Crippen molar-refractivity contribution in [3.8, 4) is 23.0 Å². The zero-order chi connectivity index (χ0) is 16.8. The van der Waals surface area contributed by atoms with Crippen molar-refractivity contribution in [2.45, 2.75) is 6.61 Å². The number of hydrogen-bond acceptors (Lipinski definition) is 3. The van der Waals surface area contributed by atoms with Gasteiger partial charge >= 0.3 is 0 Å². The van der Waals surface area contributed by atoms with Crippen LogP contribution in [0.3, 0.4) is 0 Å². The Morgan fingerprint density at radius 1 is 0.750 bits per heavy atom. The fourth-order valence-electron chi connectivity index (χ4n) is 2.24. The maximum absolute atomic E-state index is 13.6. The van der Waals surface area contributed by atoms with Crippen molar-refractivity contribution in [1.82, 2.24) is 0 Å². The minimum atomic E-state index is -0.396. The van der Waals surface area contributed by atoms with Gasteiger partial charge < -0.3 is 14.2 Å². The Hall–Kier alpha value is -3.01. The molecule has 3 nitrogen and oxygen atoms in total. The summed E-state index contributed by atoms with van der Waals surface area (Å²) >= 11 is 0. The summed E-state index contributed by atoms with van der Waals surface area (Å²) in [6.45, 7) is 0.370. The van der Waals surface area contributed by atoms with Gasteiger partial charge in [-0.25, -0.2) is 4.39 Å². The lowest BCUT2D eigenvalue weighted by molar-refractivity contribution is 0.288. The highest BCUT2D eigenvalue weighted by atomic mass is 19.1. The first-order valence-corrected chi connectivity index (χ1v) is 7.53. The highest BCUT2D eigenvalue weighted by Crippen LogP contribution is 2.36. The maximum atomic E-state index is 13.6. The zero-order valence-corrected chi connectivity index (χ0v) is 13.2. The van der Waals surface area contributed by atoms with Crippen LogP contribution in [0.25, 0.3) is 0 Å². The average Bonchev–Trinajstić information content (AvgIpc) is 2.62. The van der Waals surface area contributed by atoms with Crippen LogP contribution >= 0.6 is 0 Å². The molecular formula is C20H17FO3. The summed E-state index contributed by atoms with van der Waals surface area (Å²) in [5, 5.41) is 0. The van der Waals surface area contributed by atoms with Crippen molar-refractivity contribution in [3.63, 3.8) is 0 Å². The molecule has 3 aromatic rings. The van der Waals surface area contributed by atoms with Crippen LogP contribution in [0.2, 0.25) is 0 Å². The fraction of sp³-hybridized carbons (Fsp3) is 0.100. The molecule has 3 aromatic carbocycles. The Balaban J connectivity index is 1.83. The minimum Gasteiger partial charge on any atom is -0.493 e.